The molecule has 70 heavy (non-hydrogen) atoms. The third kappa shape index (κ3) is 7.36. The van der Waals surface area contributed by atoms with Crippen molar-refractivity contribution in [3.63, 3.8) is 0 Å². The van der Waals surface area contributed by atoms with Crippen molar-refractivity contribution < 1.29 is 0 Å². The molecule has 360 valence electrons. The molecule has 0 bridgehead atoms. The number of hydrogen-bond acceptors (Lipinski definition) is 3. The third-order valence-electron chi connectivity index (χ3n) is 17.7. The first kappa shape index (κ1) is 47.5. The maximum Gasteiger partial charge on any atom is 0.254 e. The minimum atomic E-state index is -1.78. The average Bonchev–Trinajstić information content (AvgIpc) is 3.66. The molecule has 0 unspecified atom stereocenters. The summed E-state index contributed by atoms with van der Waals surface area (Å²) in [6, 6.07) is 44.5. The molecule has 7 aromatic rings. The van der Waals surface area contributed by atoms with Crippen LogP contribution < -0.4 is 31.4 Å². The van der Waals surface area contributed by atoms with Crippen molar-refractivity contribution >= 4 is 91.2 Å². The summed E-state index contributed by atoms with van der Waals surface area (Å²) in [5, 5.41) is 4.30. The molecule has 0 amide bonds. The molecule has 2 aliphatic carbocycles. The van der Waals surface area contributed by atoms with Gasteiger partial charge in [0.15, 0.2) is 0 Å². The Morgan fingerprint density at radius 1 is 0.500 bits per heavy atom. The summed E-state index contributed by atoms with van der Waals surface area (Å²) in [5.74, 6) is 0. The third-order valence-corrected chi connectivity index (χ3v) is 20.9. The standard InChI is InChI=1S/C65H77BN2SSi/c1-60(2,3)41-22-26-43(27-23-41)67-52-38-49-48(63(9,10)31-32-64(49,11)12)37-51(52)66-57-46-36-47-50(65(13,14)33-30-62(47,7)8)39-55(46)69-59(57)68(44-28-24-42(25-29-44)61(4,5)6)54-35-40(34-53(67)58(54)66)45-20-18-19-21-56(45)70(15,16)17/h18-29,34-39H,30-33H2,1-17H3. The highest BCUT2D eigenvalue weighted by atomic mass is 32.1. The van der Waals surface area contributed by atoms with Crippen LogP contribution in [0.4, 0.5) is 33.4 Å². The molecule has 2 nitrogen and oxygen atoms in total. The Hall–Kier alpha value is -4.84. The summed E-state index contributed by atoms with van der Waals surface area (Å²) >= 11 is 2.03. The Labute approximate surface area is 427 Å². The van der Waals surface area contributed by atoms with E-state index >= 15 is 0 Å². The SMILES string of the molecule is CC(C)(C)c1ccc(N2c3cc4c(cc3B3c5c2cc(-c2ccccc2[Si](C)(C)C)cc5N(c2ccc(C(C)(C)C)cc2)c2sc5cc6c(cc5c23)C(C)(C)CCC6(C)C)C(C)(C)CCC4(C)C)cc1. The molecule has 6 aromatic carbocycles. The van der Waals surface area contributed by atoms with Gasteiger partial charge in [-0.05, 0) is 179 Å². The largest absolute Gasteiger partial charge is 0.311 e. The quantitative estimate of drug-likeness (QED) is 0.162. The molecule has 4 aliphatic rings. The van der Waals surface area contributed by atoms with E-state index in [2.05, 4.69) is 236 Å². The molecule has 0 spiro atoms. The van der Waals surface area contributed by atoms with Crippen LogP contribution in [0.5, 0.6) is 0 Å². The summed E-state index contributed by atoms with van der Waals surface area (Å²) in [6.07, 6.45) is 4.75. The van der Waals surface area contributed by atoms with Gasteiger partial charge in [-0.1, -0.05) is 176 Å². The lowest BCUT2D eigenvalue weighted by atomic mass is 9.33. The molecule has 11 rings (SSSR count). The monoisotopic (exact) mass is 957 g/mol. The van der Waals surface area contributed by atoms with E-state index in [1.54, 1.807) is 0 Å². The summed E-state index contributed by atoms with van der Waals surface area (Å²) < 4.78 is 1.41. The first-order valence-electron chi connectivity index (χ1n) is 26.5. The Balaban J connectivity index is 1.32. The molecule has 0 saturated carbocycles. The summed E-state index contributed by atoms with van der Waals surface area (Å²) in [4.78, 5) is 5.40. The van der Waals surface area contributed by atoms with Gasteiger partial charge in [0, 0.05) is 33.1 Å². The number of benzene rings is 6. The van der Waals surface area contributed by atoms with Crippen molar-refractivity contribution in [1.29, 1.82) is 0 Å². The van der Waals surface area contributed by atoms with Crippen LogP contribution in [0.15, 0.2) is 109 Å². The number of hydrogen-bond donors (Lipinski definition) is 0. The zero-order valence-electron chi connectivity index (χ0n) is 45.6. The van der Waals surface area contributed by atoms with E-state index in [-0.39, 0.29) is 39.2 Å². The van der Waals surface area contributed by atoms with Crippen LogP contribution in [0.25, 0.3) is 21.2 Å². The van der Waals surface area contributed by atoms with E-state index < -0.39 is 8.07 Å². The van der Waals surface area contributed by atoms with Crippen LogP contribution >= 0.6 is 11.3 Å². The zero-order chi connectivity index (χ0) is 50.0. The first-order valence-corrected chi connectivity index (χ1v) is 30.8. The molecule has 5 heteroatoms. The summed E-state index contributed by atoms with van der Waals surface area (Å²) in [7, 11) is -1.78. The van der Waals surface area contributed by atoms with E-state index in [1.807, 2.05) is 11.3 Å². The molecular weight excluding hydrogens is 880 g/mol. The Morgan fingerprint density at radius 2 is 0.957 bits per heavy atom. The van der Waals surface area contributed by atoms with E-state index in [0.29, 0.717) is 0 Å². The maximum atomic E-state index is 2.72. The van der Waals surface area contributed by atoms with Crippen LogP contribution in [0.1, 0.15) is 156 Å². The van der Waals surface area contributed by atoms with E-state index in [9.17, 15) is 0 Å². The van der Waals surface area contributed by atoms with Crippen molar-refractivity contribution in [3.05, 3.63) is 143 Å². The number of anilines is 6. The van der Waals surface area contributed by atoms with Crippen molar-refractivity contribution in [3.8, 4) is 11.1 Å². The lowest BCUT2D eigenvalue weighted by molar-refractivity contribution is 0.332. The van der Waals surface area contributed by atoms with E-state index in [4.69, 9.17) is 0 Å². The average molecular weight is 957 g/mol. The van der Waals surface area contributed by atoms with E-state index in [0.717, 1.165) is 0 Å². The number of rotatable bonds is 4. The normalized spacial score (nSPS) is 18.5. The zero-order valence-corrected chi connectivity index (χ0v) is 47.4. The van der Waals surface area contributed by atoms with Crippen molar-refractivity contribution in [2.75, 3.05) is 9.80 Å². The van der Waals surface area contributed by atoms with Crippen LogP contribution in [0.3, 0.4) is 0 Å². The maximum absolute atomic E-state index is 2.72. The predicted octanol–water partition coefficient (Wildman–Crippen LogP) is 16.5. The predicted molar refractivity (Wildman–Crippen MR) is 312 cm³/mol. The van der Waals surface area contributed by atoms with Gasteiger partial charge in [-0.15, -0.1) is 11.3 Å². The summed E-state index contributed by atoms with van der Waals surface area (Å²) in [6.45, 7) is 41.5. The molecule has 1 aromatic heterocycles. The minimum absolute atomic E-state index is 0.0316. The Bertz CT molecular complexity index is 3270. The highest BCUT2D eigenvalue weighted by Crippen LogP contribution is 2.54. The van der Waals surface area contributed by atoms with Crippen LogP contribution in [-0.2, 0) is 32.5 Å². The molecular formula is C65H77BN2SSi. The Kier molecular flexibility index (Phi) is 10.4. The van der Waals surface area contributed by atoms with Crippen molar-refractivity contribution in [2.45, 2.75) is 175 Å². The molecule has 0 saturated heterocycles. The lowest BCUT2D eigenvalue weighted by Gasteiger charge is -2.47. The fraction of sp³-hybridized carbons (Fsp3) is 0.415. The van der Waals surface area contributed by atoms with Gasteiger partial charge in [0.25, 0.3) is 6.71 Å². The fourth-order valence-electron chi connectivity index (χ4n) is 12.9. The molecule has 0 N–H and O–H groups in total. The second kappa shape index (κ2) is 15.3. The van der Waals surface area contributed by atoms with Gasteiger partial charge in [-0.3, -0.25) is 0 Å². The topological polar surface area (TPSA) is 6.48 Å². The van der Waals surface area contributed by atoms with Gasteiger partial charge in [0.2, 0.25) is 0 Å². The number of nitrogens with zero attached hydrogens (tertiary/aromatic N) is 2. The van der Waals surface area contributed by atoms with Crippen LogP contribution in [0, 0.1) is 0 Å². The van der Waals surface area contributed by atoms with Gasteiger partial charge in [0.1, 0.15) is 0 Å². The second-order valence-electron chi connectivity index (χ2n) is 27.6. The highest BCUT2D eigenvalue weighted by Gasteiger charge is 2.49. The van der Waals surface area contributed by atoms with Crippen LogP contribution in [0.2, 0.25) is 19.6 Å². The number of fused-ring (bicyclic) bond motifs is 8. The highest BCUT2D eigenvalue weighted by molar-refractivity contribution is 7.26. The lowest BCUT2D eigenvalue weighted by Crippen LogP contribution is -2.61. The second-order valence-corrected chi connectivity index (χ2v) is 33.7. The van der Waals surface area contributed by atoms with Gasteiger partial charge in [0.05, 0.1) is 13.1 Å². The smallest absolute Gasteiger partial charge is 0.254 e. The van der Waals surface area contributed by atoms with Crippen molar-refractivity contribution in [1.82, 2.24) is 0 Å². The fourth-order valence-corrected chi connectivity index (χ4v) is 15.9. The molecule has 0 radical (unpaired) electrons. The summed E-state index contributed by atoms with van der Waals surface area (Å²) in [5.41, 5.74) is 22.6. The number of thiophene rings is 1. The molecule has 2 aliphatic heterocycles. The van der Waals surface area contributed by atoms with Gasteiger partial charge in [-0.2, -0.15) is 0 Å². The molecule has 0 atom stereocenters. The van der Waals surface area contributed by atoms with Crippen LogP contribution in [-0.4, -0.2) is 14.8 Å². The van der Waals surface area contributed by atoms with Gasteiger partial charge < -0.3 is 9.80 Å². The van der Waals surface area contributed by atoms with E-state index in [1.165, 1.54) is 135 Å². The molecule has 0 fully saturated rings. The van der Waals surface area contributed by atoms with Crippen molar-refractivity contribution in [2.24, 2.45) is 0 Å². The minimum Gasteiger partial charge on any atom is -0.311 e. The molecule has 3 heterocycles. The Morgan fingerprint density at radius 3 is 1.47 bits per heavy atom. The van der Waals surface area contributed by atoms with Gasteiger partial charge >= 0.3 is 0 Å². The van der Waals surface area contributed by atoms with Gasteiger partial charge in [-0.25, -0.2) is 0 Å². The first-order chi connectivity index (χ1) is 32.6.